The summed E-state index contributed by atoms with van der Waals surface area (Å²) in [5, 5.41) is 3.52. The highest BCUT2D eigenvalue weighted by atomic mass is 79.9. The van der Waals surface area contributed by atoms with Crippen LogP contribution in [0.1, 0.15) is 34.9 Å². The average molecular weight is 447 g/mol. The van der Waals surface area contributed by atoms with Crippen LogP contribution in [0.3, 0.4) is 0 Å². The Hall–Kier alpha value is -2.25. The lowest BCUT2D eigenvalue weighted by Crippen LogP contribution is -2.46. The van der Waals surface area contributed by atoms with Gasteiger partial charge in [-0.2, -0.15) is 0 Å². The molecule has 2 aromatic rings. The fourth-order valence-electron chi connectivity index (χ4n) is 3.81. The molecule has 0 aromatic heterocycles. The van der Waals surface area contributed by atoms with Gasteiger partial charge in [0.1, 0.15) is 6.17 Å². The van der Waals surface area contributed by atoms with E-state index in [9.17, 15) is 4.79 Å². The smallest absolute Gasteiger partial charge is 0.257 e. The number of anilines is 1. The van der Waals surface area contributed by atoms with Gasteiger partial charge in [0.2, 0.25) is 0 Å². The van der Waals surface area contributed by atoms with Crippen molar-refractivity contribution < 1.29 is 19.0 Å². The monoisotopic (exact) mass is 446 g/mol. The second kappa shape index (κ2) is 8.01. The molecular formula is C21H23BrN2O4. The van der Waals surface area contributed by atoms with Gasteiger partial charge in [0, 0.05) is 28.9 Å². The van der Waals surface area contributed by atoms with Gasteiger partial charge in [0.15, 0.2) is 11.5 Å². The van der Waals surface area contributed by atoms with Gasteiger partial charge in [-0.05, 0) is 37.1 Å². The molecule has 2 unspecified atom stereocenters. The molecule has 148 valence electrons. The minimum atomic E-state index is -0.346. The Morgan fingerprint density at radius 1 is 1.21 bits per heavy atom. The average Bonchev–Trinajstić information content (AvgIpc) is 3.23. The maximum atomic E-state index is 13.3. The SMILES string of the molecule is COc1cc(Br)c(C2Nc3ccccc3C(=O)N2CC2CCCO2)cc1OC. The number of ether oxygens (including phenoxy) is 3. The number of para-hydroxylation sites is 1. The molecule has 28 heavy (non-hydrogen) atoms. The Morgan fingerprint density at radius 2 is 1.96 bits per heavy atom. The number of amides is 1. The first-order chi connectivity index (χ1) is 13.6. The topological polar surface area (TPSA) is 60.0 Å². The highest BCUT2D eigenvalue weighted by molar-refractivity contribution is 9.10. The zero-order valence-electron chi connectivity index (χ0n) is 15.9. The summed E-state index contributed by atoms with van der Waals surface area (Å²) in [5.41, 5.74) is 2.40. The predicted octanol–water partition coefficient (Wildman–Crippen LogP) is 4.21. The van der Waals surface area contributed by atoms with E-state index in [0.29, 0.717) is 23.6 Å². The molecule has 1 fully saturated rings. The fourth-order valence-corrected chi connectivity index (χ4v) is 4.35. The number of nitrogens with one attached hydrogen (secondary N) is 1. The first kappa shape index (κ1) is 19.1. The number of hydrogen-bond acceptors (Lipinski definition) is 5. The van der Waals surface area contributed by atoms with Crippen molar-refractivity contribution in [3.05, 3.63) is 52.0 Å². The Labute approximate surface area is 172 Å². The Bertz CT molecular complexity index is 883. The zero-order chi connectivity index (χ0) is 19.7. The number of carbonyl (C=O) groups is 1. The van der Waals surface area contributed by atoms with E-state index >= 15 is 0 Å². The predicted molar refractivity (Wildman–Crippen MR) is 110 cm³/mol. The van der Waals surface area contributed by atoms with Crippen LogP contribution in [-0.4, -0.2) is 44.3 Å². The number of benzene rings is 2. The number of halogens is 1. The molecule has 2 aromatic carbocycles. The molecule has 0 bridgehead atoms. The number of carbonyl (C=O) groups excluding carboxylic acids is 1. The molecule has 2 atom stereocenters. The summed E-state index contributed by atoms with van der Waals surface area (Å²) < 4.78 is 17.5. The van der Waals surface area contributed by atoms with Crippen LogP contribution in [0.2, 0.25) is 0 Å². The van der Waals surface area contributed by atoms with E-state index in [2.05, 4.69) is 21.2 Å². The number of methoxy groups -OCH3 is 2. The summed E-state index contributed by atoms with van der Waals surface area (Å²) >= 11 is 3.64. The molecular weight excluding hydrogens is 424 g/mol. The summed E-state index contributed by atoms with van der Waals surface area (Å²) in [4.78, 5) is 15.2. The molecule has 4 rings (SSSR count). The van der Waals surface area contributed by atoms with E-state index in [-0.39, 0.29) is 18.2 Å². The van der Waals surface area contributed by atoms with Gasteiger partial charge in [-0.25, -0.2) is 0 Å². The molecule has 1 N–H and O–H groups in total. The van der Waals surface area contributed by atoms with Crippen molar-refractivity contribution in [2.45, 2.75) is 25.1 Å². The molecule has 0 radical (unpaired) electrons. The summed E-state index contributed by atoms with van der Waals surface area (Å²) in [6, 6.07) is 11.4. The zero-order valence-corrected chi connectivity index (χ0v) is 17.5. The van der Waals surface area contributed by atoms with Crippen molar-refractivity contribution in [3.8, 4) is 11.5 Å². The summed E-state index contributed by atoms with van der Waals surface area (Å²) in [5.74, 6) is 1.24. The lowest BCUT2D eigenvalue weighted by atomic mass is 10.0. The van der Waals surface area contributed by atoms with Gasteiger partial charge in [0.05, 0.1) is 25.9 Å². The van der Waals surface area contributed by atoms with E-state index in [4.69, 9.17) is 14.2 Å². The van der Waals surface area contributed by atoms with E-state index in [1.54, 1.807) is 14.2 Å². The van der Waals surface area contributed by atoms with Crippen molar-refractivity contribution >= 4 is 27.5 Å². The number of hydrogen-bond donors (Lipinski definition) is 1. The lowest BCUT2D eigenvalue weighted by Gasteiger charge is -2.39. The van der Waals surface area contributed by atoms with Crippen molar-refractivity contribution in [3.63, 3.8) is 0 Å². The van der Waals surface area contributed by atoms with Crippen LogP contribution in [0.5, 0.6) is 11.5 Å². The molecule has 1 saturated heterocycles. The molecule has 6 nitrogen and oxygen atoms in total. The molecule has 2 heterocycles. The number of rotatable bonds is 5. The minimum absolute atomic E-state index is 0.00321. The van der Waals surface area contributed by atoms with Gasteiger partial charge < -0.3 is 24.4 Å². The van der Waals surface area contributed by atoms with Crippen LogP contribution >= 0.6 is 15.9 Å². The third-order valence-corrected chi connectivity index (χ3v) is 5.93. The van der Waals surface area contributed by atoms with Crippen molar-refractivity contribution in [2.75, 3.05) is 32.7 Å². The third kappa shape index (κ3) is 3.44. The second-order valence-electron chi connectivity index (χ2n) is 6.91. The lowest BCUT2D eigenvalue weighted by molar-refractivity contribution is 0.0426. The van der Waals surface area contributed by atoms with Gasteiger partial charge in [-0.1, -0.05) is 28.1 Å². The van der Waals surface area contributed by atoms with Crippen molar-refractivity contribution in [2.24, 2.45) is 0 Å². The Morgan fingerprint density at radius 3 is 2.68 bits per heavy atom. The summed E-state index contributed by atoms with van der Waals surface area (Å²) in [6.45, 7) is 1.28. The largest absolute Gasteiger partial charge is 0.493 e. The molecule has 2 aliphatic rings. The van der Waals surface area contributed by atoms with Crippen LogP contribution in [0, 0.1) is 0 Å². The molecule has 0 aliphatic carbocycles. The van der Waals surface area contributed by atoms with Crippen LogP contribution in [0.15, 0.2) is 40.9 Å². The second-order valence-corrected chi connectivity index (χ2v) is 7.77. The minimum Gasteiger partial charge on any atom is -0.493 e. The van der Waals surface area contributed by atoms with Gasteiger partial charge in [-0.15, -0.1) is 0 Å². The van der Waals surface area contributed by atoms with Gasteiger partial charge >= 0.3 is 0 Å². The summed E-state index contributed by atoms with van der Waals surface area (Å²) in [6.07, 6.45) is 1.70. The van der Waals surface area contributed by atoms with Gasteiger partial charge in [0.25, 0.3) is 5.91 Å². The standard InChI is InChI=1S/C21H23BrN2O4/c1-26-18-10-15(16(22)11-19(18)27-2)20-23-17-8-4-3-7-14(17)21(25)24(20)12-13-6-5-9-28-13/h3-4,7-8,10-11,13,20,23H,5-6,9,12H2,1-2H3. The van der Waals surface area contributed by atoms with Crippen LogP contribution in [0.25, 0.3) is 0 Å². The van der Waals surface area contributed by atoms with Crippen LogP contribution < -0.4 is 14.8 Å². The summed E-state index contributed by atoms with van der Waals surface area (Å²) in [7, 11) is 3.21. The van der Waals surface area contributed by atoms with Crippen LogP contribution in [-0.2, 0) is 4.74 Å². The highest BCUT2D eigenvalue weighted by Gasteiger charge is 2.36. The quantitative estimate of drug-likeness (QED) is 0.744. The van der Waals surface area contributed by atoms with E-state index in [1.165, 1.54) is 0 Å². The highest BCUT2D eigenvalue weighted by Crippen LogP contribution is 2.41. The number of fused-ring (bicyclic) bond motifs is 1. The molecule has 1 amide bonds. The van der Waals surface area contributed by atoms with Crippen molar-refractivity contribution in [1.82, 2.24) is 4.90 Å². The molecule has 0 spiro atoms. The fraction of sp³-hybridized carbons (Fsp3) is 0.381. The Kier molecular flexibility index (Phi) is 5.46. The van der Waals surface area contributed by atoms with Gasteiger partial charge in [-0.3, -0.25) is 4.79 Å². The normalized spacial score (nSPS) is 21.2. The first-order valence-electron chi connectivity index (χ1n) is 9.32. The van der Waals surface area contributed by atoms with Crippen LogP contribution in [0.4, 0.5) is 5.69 Å². The third-order valence-electron chi connectivity index (χ3n) is 5.24. The van der Waals surface area contributed by atoms with E-state index in [1.807, 2.05) is 41.3 Å². The van der Waals surface area contributed by atoms with E-state index in [0.717, 1.165) is 35.2 Å². The Balaban J connectivity index is 1.77. The van der Waals surface area contributed by atoms with Crippen molar-refractivity contribution in [1.29, 1.82) is 0 Å². The first-order valence-corrected chi connectivity index (χ1v) is 10.1. The molecule has 7 heteroatoms. The maximum absolute atomic E-state index is 13.3. The number of nitrogens with zero attached hydrogens (tertiary/aromatic N) is 1. The molecule has 0 saturated carbocycles. The molecule has 2 aliphatic heterocycles. The maximum Gasteiger partial charge on any atom is 0.257 e. The van der Waals surface area contributed by atoms with E-state index < -0.39 is 0 Å².